The first-order chi connectivity index (χ1) is 6.63. The van der Waals surface area contributed by atoms with Crippen LogP contribution in [0.15, 0.2) is 28.7 Å². The normalized spacial score (nSPS) is 9.93. The van der Waals surface area contributed by atoms with Crippen LogP contribution in [0, 0.1) is 0 Å². The van der Waals surface area contributed by atoms with Crippen LogP contribution in [0.1, 0.15) is 5.56 Å². The maximum absolute atomic E-state index is 11.4. The molecule has 0 radical (unpaired) electrons. The number of rotatable bonds is 3. The zero-order valence-corrected chi connectivity index (χ0v) is 9.74. The summed E-state index contributed by atoms with van der Waals surface area (Å²) >= 11 is 3.33. The van der Waals surface area contributed by atoms with E-state index in [1.165, 1.54) is 12.2 Å². The largest absolute Gasteiger partial charge is 0.275 e. The first-order valence-electron chi connectivity index (χ1n) is 4.18. The maximum atomic E-state index is 11.4. The Morgan fingerprint density at radius 1 is 1.43 bits per heavy atom. The number of halogens is 1. The summed E-state index contributed by atoms with van der Waals surface area (Å²) in [6, 6.07) is 7.64. The van der Waals surface area contributed by atoms with Gasteiger partial charge in [-0.2, -0.15) is 0 Å². The van der Waals surface area contributed by atoms with Crippen molar-refractivity contribution in [2.75, 3.05) is 14.2 Å². The molecular weight excluding hydrogens is 246 g/mol. The lowest BCUT2D eigenvalue weighted by atomic mass is 10.1. The lowest BCUT2D eigenvalue weighted by molar-refractivity contribution is -0.167. The molecule has 0 atom stereocenters. The third-order valence-electron chi connectivity index (χ3n) is 1.89. The van der Waals surface area contributed by atoms with E-state index in [-0.39, 0.29) is 5.91 Å². The Morgan fingerprint density at radius 2 is 2.00 bits per heavy atom. The number of nitrogens with zero attached hydrogens (tertiary/aromatic N) is 1. The molecule has 0 N–H and O–H groups in total. The van der Waals surface area contributed by atoms with Crippen molar-refractivity contribution in [1.29, 1.82) is 0 Å². The molecule has 14 heavy (non-hydrogen) atoms. The van der Waals surface area contributed by atoms with Crippen molar-refractivity contribution in [3.63, 3.8) is 0 Å². The summed E-state index contributed by atoms with van der Waals surface area (Å²) < 4.78 is 1.01. The lowest BCUT2D eigenvalue weighted by Crippen LogP contribution is -2.26. The van der Waals surface area contributed by atoms with Crippen molar-refractivity contribution in [1.82, 2.24) is 5.06 Å². The predicted molar refractivity (Wildman–Crippen MR) is 57.6 cm³/mol. The molecule has 0 fully saturated rings. The second-order valence-electron chi connectivity index (χ2n) is 2.88. The topological polar surface area (TPSA) is 29.5 Å². The first kappa shape index (κ1) is 11.2. The number of hydroxylamine groups is 2. The van der Waals surface area contributed by atoms with Crippen LogP contribution in [0.3, 0.4) is 0 Å². The fraction of sp³-hybridized carbons (Fsp3) is 0.300. The minimum atomic E-state index is -0.0603. The average molecular weight is 258 g/mol. The average Bonchev–Trinajstić information content (AvgIpc) is 2.20. The third-order valence-corrected chi connectivity index (χ3v) is 2.42. The first-order valence-corrected chi connectivity index (χ1v) is 4.98. The molecule has 0 spiro atoms. The molecule has 0 aliphatic carbocycles. The van der Waals surface area contributed by atoms with Gasteiger partial charge in [0.1, 0.15) is 0 Å². The Labute approximate surface area is 91.7 Å². The van der Waals surface area contributed by atoms with Gasteiger partial charge >= 0.3 is 0 Å². The molecule has 0 aromatic heterocycles. The molecule has 0 saturated carbocycles. The van der Waals surface area contributed by atoms with E-state index >= 15 is 0 Å². The van der Waals surface area contributed by atoms with Crippen LogP contribution in [0.25, 0.3) is 0 Å². The van der Waals surface area contributed by atoms with E-state index in [1.807, 2.05) is 24.3 Å². The molecular formula is C10H12BrNO2. The van der Waals surface area contributed by atoms with Crippen molar-refractivity contribution in [3.8, 4) is 0 Å². The second-order valence-corrected chi connectivity index (χ2v) is 3.79. The van der Waals surface area contributed by atoms with Crippen LogP contribution < -0.4 is 0 Å². The van der Waals surface area contributed by atoms with Gasteiger partial charge in [-0.05, 0) is 17.7 Å². The van der Waals surface area contributed by atoms with Crippen LogP contribution in [-0.4, -0.2) is 25.1 Å². The van der Waals surface area contributed by atoms with Crippen molar-refractivity contribution in [3.05, 3.63) is 34.3 Å². The van der Waals surface area contributed by atoms with Gasteiger partial charge < -0.3 is 0 Å². The molecule has 1 amide bonds. The smallest absolute Gasteiger partial charge is 0.250 e. The van der Waals surface area contributed by atoms with Gasteiger partial charge in [-0.1, -0.05) is 28.1 Å². The molecule has 76 valence electrons. The van der Waals surface area contributed by atoms with Gasteiger partial charge in [0, 0.05) is 11.5 Å². The molecule has 0 saturated heterocycles. The Bertz CT molecular complexity index is 310. The number of carbonyl (C=O) groups is 1. The monoisotopic (exact) mass is 257 g/mol. The van der Waals surface area contributed by atoms with E-state index in [1.54, 1.807) is 7.05 Å². The summed E-state index contributed by atoms with van der Waals surface area (Å²) in [7, 11) is 3.07. The van der Waals surface area contributed by atoms with Crippen molar-refractivity contribution < 1.29 is 9.63 Å². The molecule has 1 aromatic carbocycles. The summed E-state index contributed by atoms with van der Waals surface area (Å²) in [5.74, 6) is -0.0603. The number of likely N-dealkylation sites (N-methyl/N-ethyl adjacent to an activating group) is 1. The number of hydrogen-bond donors (Lipinski definition) is 0. The van der Waals surface area contributed by atoms with Crippen LogP contribution in [0.4, 0.5) is 0 Å². The minimum Gasteiger partial charge on any atom is -0.275 e. The molecule has 0 unspecified atom stereocenters. The fourth-order valence-electron chi connectivity index (χ4n) is 0.990. The fourth-order valence-corrected chi connectivity index (χ4v) is 1.25. The highest BCUT2D eigenvalue weighted by Gasteiger charge is 2.08. The van der Waals surface area contributed by atoms with Crippen LogP contribution in [0.5, 0.6) is 0 Å². The molecule has 4 heteroatoms. The molecule has 1 aromatic rings. The predicted octanol–water partition coefficient (Wildman–Crippen LogP) is 2.01. The van der Waals surface area contributed by atoms with E-state index in [2.05, 4.69) is 15.9 Å². The Hall–Kier alpha value is -0.870. The second kappa shape index (κ2) is 5.12. The highest BCUT2D eigenvalue weighted by atomic mass is 79.9. The Morgan fingerprint density at radius 3 is 2.50 bits per heavy atom. The summed E-state index contributed by atoms with van der Waals surface area (Å²) in [4.78, 5) is 16.2. The Balaban J connectivity index is 2.60. The van der Waals surface area contributed by atoms with Gasteiger partial charge in [0.15, 0.2) is 0 Å². The minimum absolute atomic E-state index is 0.0603. The quantitative estimate of drug-likeness (QED) is 0.776. The van der Waals surface area contributed by atoms with E-state index < -0.39 is 0 Å². The molecule has 0 aliphatic heterocycles. The van der Waals surface area contributed by atoms with E-state index in [0.29, 0.717) is 6.42 Å². The van der Waals surface area contributed by atoms with E-state index in [4.69, 9.17) is 4.84 Å². The number of hydrogen-bond acceptors (Lipinski definition) is 2. The highest BCUT2D eigenvalue weighted by Crippen LogP contribution is 2.11. The standard InChI is InChI=1S/C10H12BrNO2/c1-12(14-2)10(13)7-8-3-5-9(11)6-4-8/h3-6H,7H2,1-2H3. The van der Waals surface area contributed by atoms with Crippen LogP contribution in [0.2, 0.25) is 0 Å². The van der Waals surface area contributed by atoms with E-state index in [9.17, 15) is 4.79 Å². The van der Waals surface area contributed by atoms with Gasteiger partial charge in [-0.25, -0.2) is 5.06 Å². The molecule has 0 heterocycles. The zero-order valence-electron chi connectivity index (χ0n) is 8.16. The Kier molecular flexibility index (Phi) is 4.10. The third kappa shape index (κ3) is 3.12. The van der Waals surface area contributed by atoms with Crippen molar-refractivity contribution in [2.45, 2.75) is 6.42 Å². The van der Waals surface area contributed by atoms with Gasteiger partial charge in [0.25, 0.3) is 0 Å². The van der Waals surface area contributed by atoms with Gasteiger partial charge in [-0.3, -0.25) is 9.63 Å². The molecule has 1 rings (SSSR count). The molecule has 0 aliphatic rings. The van der Waals surface area contributed by atoms with Crippen molar-refractivity contribution in [2.24, 2.45) is 0 Å². The van der Waals surface area contributed by atoms with Crippen LogP contribution in [-0.2, 0) is 16.1 Å². The molecule has 3 nitrogen and oxygen atoms in total. The summed E-state index contributed by atoms with van der Waals surface area (Å²) in [5.41, 5.74) is 0.974. The highest BCUT2D eigenvalue weighted by molar-refractivity contribution is 9.10. The maximum Gasteiger partial charge on any atom is 0.250 e. The zero-order chi connectivity index (χ0) is 10.6. The van der Waals surface area contributed by atoms with Gasteiger partial charge in [-0.15, -0.1) is 0 Å². The van der Waals surface area contributed by atoms with Crippen LogP contribution >= 0.6 is 15.9 Å². The summed E-state index contributed by atoms with van der Waals surface area (Å²) in [5, 5.41) is 1.22. The summed E-state index contributed by atoms with van der Waals surface area (Å²) in [6.45, 7) is 0. The summed E-state index contributed by atoms with van der Waals surface area (Å²) in [6.07, 6.45) is 0.359. The number of carbonyl (C=O) groups excluding carboxylic acids is 1. The van der Waals surface area contributed by atoms with Crippen molar-refractivity contribution >= 4 is 21.8 Å². The number of benzene rings is 1. The number of amides is 1. The lowest BCUT2D eigenvalue weighted by Gasteiger charge is -2.13. The van der Waals surface area contributed by atoms with Gasteiger partial charge in [0.05, 0.1) is 13.5 Å². The van der Waals surface area contributed by atoms with E-state index in [0.717, 1.165) is 10.0 Å². The SMILES string of the molecule is CON(C)C(=O)Cc1ccc(Br)cc1. The molecule has 0 bridgehead atoms. The van der Waals surface area contributed by atoms with Gasteiger partial charge in [0.2, 0.25) is 5.91 Å².